The molecule has 1 aromatic rings. The number of carbonyl (C=O) groups excluding carboxylic acids is 1. The van der Waals surface area contributed by atoms with Crippen molar-refractivity contribution in [2.45, 2.75) is 58.8 Å². The van der Waals surface area contributed by atoms with Crippen molar-refractivity contribution in [3.8, 4) is 6.07 Å². The van der Waals surface area contributed by atoms with Gasteiger partial charge in [-0.05, 0) is 49.5 Å². The monoisotopic (exact) mass is 359 g/mol. The fourth-order valence-electron chi connectivity index (χ4n) is 4.37. The molecular weight excluding hydrogens is 330 g/mol. The van der Waals surface area contributed by atoms with Gasteiger partial charge in [-0.3, -0.25) is 4.79 Å². The molecule has 0 aromatic carbocycles. The molecule has 1 amide bonds. The summed E-state index contributed by atoms with van der Waals surface area (Å²) in [7, 11) is 0. The number of nitriles is 1. The average molecular weight is 360 g/mol. The van der Waals surface area contributed by atoms with E-state index in [-0.39, 0.29) is 5.91 Å². The zero-order valence-electron chi connectivity index (χ0n) is 15.4. The topological polar surface area (TPSA) is 56.1 Å². The SMILES string of the molecule is CC1CC(C)CN(CCC(=O)Nc2sc3c(c2C#N)CCCCC3)C1. The van der Waals surface area contributed by atoms with Gasteiger partial charge in [-0.15, -0.1) is 11.3 Å². The molecule has 1 aliphatic heterocycles. The molecule has 2 aliphatic rings. The van der Waals surface area contributed by atoms with Crippen LogP contribution in [0.15, 0.2) is 0 Å². The van der Waals surface area contributed by atoms with Crippen LogP contribution in [0, 0.1) is 23.2 Å². The van der Waals surface area contributed by atoms with Gasteiger partial charge in [0.25, 0.3) is 0 Å². The summed E-state index contributed by atoms with van der Waals surface area (Å²) in [4.78, 5) is 16.1. The number of aryl methyl sites for hydroxylation is 1. The first kappa shape index (κ1) is 18.4. The molecule has 136 valence electrons. The van der Waals surface area contributed by atoms with Crippen LogP contribution in [0.4, 0.5) is 5.00 Å². The van der Waals surface area contributed by atoms with Crippen molar-refractivity contribution in [1.29, 1.82) is 5.26 Å². The van der Waals surface area contributed by atoms with Gasteiger partial charge in [0.1, 0.15) is 11.1 Å². The van der Waals surface area contributed by atoms with Gasteiger partial charge in [-0.25, -0.2) is 0 Å². The summed E-state index contributed by atoms with van der Waals surface area (Å²) in [6.45, 7) is 7.58. The van der Waals surface area contributed by atoms with Crippen LogP contribution in [0.1, 0.15) is 62.0 Å². The quantitative estimate of drug-likeness (QED) is 0.820. The highest BCUT2D eigenvalue weighted by Crippen LogP contribution is 2.37. The van der Waals surface area contributed by atoms with Crippen LogP contribution in [0.5, 0.6) is 0 Å². The van der Waals surface area contributed by atoms with Gasteiger partial charge in [0, 0.05) is 30.9 Å². The van der Waals surface area contributed by atoms with Gasteiger partial charge < -0.3 is 10.2 Å². The minimum atomic E-state index is 0.0405. The Balaban J connectivity index is 1.59. The van der Waals surface area contributed by atoms with Crippen molar-refractivity contribution < 1.29 is 4.79 Å². The number of carbonyl (C=O) groups is 1. The molecule has 0 saturated carbocycles. The Morgan fingerprint density at radius 3 is 2.68 bits per heavy atom. The number of anilines is 1. The lowest BCUT2D eigenvalue weighted by Crippen LogP contribution is -2.40. The molecule has 1 aromatic heterocycles. The number of nitrogens with one attached hydrogen (secondary N) is 1. The zero-order chi connectivity index (χ0) is 17.8. The second kappa shape index (κ2) is 8.33. The highest BCUT2D eigenvalue weighted by molar-refractivity contribution is 7.16. The van der Waals surface area contributed by atoms with Gasteiger partial charge in [0.05, 0.1) is 5.56 Å². The highest BCUT2D eigenvalue weighted by atomic mass is 32.1. The molecule has 1 saturated heterocycles. The second-order valence-corrected chi connectivity index (χ2v) is 8.99. The molecule has 2 unspecified atom stereocenters. The molecule has 1 fully saturated rings. The molecule has 2 atom stereocenters. The number of likely N-dealkylation sites (tertiary alicyclic amines) is 1. The maximum absolute atomic E-state index is 12.4. The predicted octanol–water partition coefficient (Wildman–Crippen LogP) is 4.20. The van der Waals surface area contributed by atoms with E-state index in [1.165, 1.54) is 29.7 Å². The fraction of sp³-hybridized carbons (Fsp3) is 0.700. The van der Waals surface area contributed by atoms with E-state index in [1.54, 1.807) is 11.3 Å². The third-order valence-corrected chi connectivity index (χ3v) is 6.59. The lowest BCUT2D eigenvalue weighted by Gasteiger charge is -2.34. The van der Waals surface area contributed by atoms with E-state index in [0.717, 1.165) is 49.5 Å². The van der Waals surface area contributed by atoms with Crippen LogP contribution in [0.3, 0.4) is 0 Å². The molecule has 25 heavy (non-hydrogen) atoms. The number of amides is 1. The lowest BCUT2D eigenvalue weighted by atomic mass is 9.92. The van der Waals surface area contributed by atoms with E-state index in [4.69, 9.17) is 0 Å². The molecule has 0 spiro atoms. The Labute approximate surface area is 155 Å². The van der Waals surface area contributed by atoms with Gasteiger partial charge >= 0.3 is 0 Å². The minimum absolute atomic E-state index is 0.0405. The van der Waals surface area contributed by atoms with E-state index in [1.807, 2.05) is 0 Å². The van der Waals surface area contributed by atoms with Crippen molar-refractivity contribution in [1.82, 2.24) is 4.90 Å². The number of fused-ring (bicyclic) bond motifs is 1. The normalized spacial score (nSPS) is 24.2. The summed E-state index contributed by atoms with van der Waals surface area (Å²) in [5, 5.41) is 13.4. The summed E-state index contributed by atoms with van der Waals surface area (Å²) in [6, 6.07) is 2.34. The number of hydrogen-bond acceptors (Lipinski definition) is 4. The maximum atomic E-state index is 12.4. The number of rotatable bonds is 4. The van der Waals surface area contributed by atoms with Crippen LogP contribution >= 0.6 is 11.3 Å². The van der Waals surface area contributed by atoms with Crippen molar-refractivity contribution in [3.63, 3.8) is 0 Å². The molecule has 4 nitrogen and oxygen atoms in total. The van der Waals surface area contributed by atoms with Crippen LogP contribution in [-0.4, -0.2) is 30.4 Å². The van der Waals surface area contributed by atoms with Gasteiger partial charge in [-0.1, -0.05) is 20.3 Å². The van der Waals surface area contributed by atoms with Crippen molar-refractivity contribution in [2.75, 3.05) is 25.0 Å². The average Bonchev–Trinajstić information content (AvgIpc) is 2.72. The largest absolute Gasteiger partial charge is 0.317 e. The van der Waals surface area contributed by atoms with Crippen LogP contribution in [0.25, 0.3) is 0 Å². The first-order valence-electron chi connectivity index (χ1n) is 9.63. The number of thiophene rings is 1. The number of nitrogens with zero attached hydrogens (tertiary/aromatic N) is 2. The van der Waals surface area contributed by atoms with Gasteiger partial charge in [0.15, 0.2) is 0 Å². The second-order valence-electron chi connectivity index (χ2n) is 7.88. The van der Waals surface area contributed by atoms with E-state index in [2.05, 4.69) is 30.1 Å². The molecule has 0 bridgehead atoms. The Morgan fingerprint density at radius 1 is 1.24 bits per heavy atom. The number of hydrogen-bond donors (Lipinski definition) is 1. The summed E-state index contributed by atoms with van der Waals surface area (Å²) < 4.78 is 0. The summed E-state index contributed by atoms with van der Waals surface area (Å²) >= 11 is 1.62. The fourth-order valence-corrected chi connectivity index (χ4v) is 5.63. The summed E-state index contributed by atoms with van der Waals surface area (Å²) in [5.41, 5.74) is 1.91. The summed E-state index contributed by atoms with van der Waals surface area (Å²) in [6.07, 6.45) is 7.40. The molecule has 0 radical (unpaired) electrons. The smallest absolute Gasteiger partial charge is 0.226 e. The zero-order valence-corrected chi connectivity index (χ0v) is 16.3. The molecule has 5 heteroatoms. The molecule has 3 rings (SSSR count). The van der Waals surface area contributed by atoms with Gasteiger partial charge in [-0.2, -0.15) is 5.26 Å². The maximum Gasteiger partial charge on any atom is 0.226 e. The first-order valence-corrected chi connectivity index (χ1v) is 10.4. The highest BCUT2D eigenvalue weighted by Gasteiger charge is 2.23. The van der Waals surface area contributed by atoms with E-state index < -0.39 is 0 Å². The lowest BCUT2D eigenvalue weighted by molar-refractivity contribution is -0.116. The first-order chi connectivity index (χ1) is 12.1. The Bertz CT molecular complexity index is 651. The number of piperidine rings is 1. The Morgan fingerprint density at radius 2 is 1.96 bits per heavy atom. The van der Waals surface area contributed by atoms with E-state index >= 15 is 0 Å². The molecule has 2 heterocycles. The van der Waals surface area contributed by atoms with Crippen LogP contribution < -0.4 is 5.32 Å². The van der Waals surface area contributed by atoms with E-state index in [0.29, 0.717) is 18.3 Å². The molecular formula is C20H29N3OS. The Kier molecular flexibility index (Phi) is 6.14. The predicted molar refractivity (Wildman–Crippen MR) is 103 cm³/mol. The van der Waals surface area contributed by atoms with Crippen LogP contribution in [0.2, 0.25) is 0 Å². The third kappa shape index (κ3) is 4.62. The standard InChI is InChI=1S/C20H29N3OS/c1-14-10-15(2)13-23(12-14)9-8-19(24)22-20-17(11-21)16-6-4-3-5-7-18(16)25-20/h14-15H,3-10,12-13H2,1-2H3,(H,22,24). The van der Waals surface area contributed by atoms with Crippen molar-refractivity contribution >= 4 is 22.2 Å². The summed E-state index contributed by atoms with van der Waals surface area (Å²) in [5.74, 6) is 1.47. The van der Waals surface area contributed by atoms with Crippen molar-refractivity contribution in [2.24, 2.45) is 11.8 Å². The molecule has 1 N–H and O–H groups in total. The Hall–Kier alpha value is -1.38. The third-order valence-electron chi connectivity index (χ3n) is 5.39. The van der Waals surface area contributed by atoms with Crippen LogP contribution in [-0.2, 0) is 17.6 Å². The van der Waals surface area contributed by atoms with E-state index in [9.17, 15) is 10.1 Å². The van der Waals surface area contributed by atoms with Crippen molar-refractivity contribution in [3.05, 3.63) is 16.0 Å². The molecule has 1 aliphatic carbocycles. The minimum Gasteiger partial charge on any atom is -0.317 e. The van der Waals surface area contributed by atoms with Gasteiger partial charge in [0.2, 0.25) is 5.91 Å².